The summed E-state index contributed by atoms with van der Waals surface area (Å²) in [6.07, 6.45) is -2.59. The fourth-order valence-electron chi connectivity index (χ4n) is 1.45. The zero-order valence-electron chi connectivity index (χ0n) is 8.92. The third-order valence-corrected chi connectivity index (χ3v) is 2.19. The predicted molar refractivity (Wildman–Crippen MR) is 51.7 cm³/mol. The lowest BCUT2D eigenvalue weighted by atomic mass is 10.0. The Bertz CT molecular complexity index is 402. The van der Waals surface area contributed by atoms with Gasteiger partial charge in [0.2, 0.25) is 0 Å². The van der Waals surface area contributed by atoms with Crippen LogP contribution >= 0.6 is 0 Å². The highest BCUT2D eigenvalue weighted by Crippen LogP contribution is 2.24. The monoisotopic (exact) mass is 229 g/mol. The summed E-state index contributed by atoms with van der Waals surface area (Å²) in [5.74, 6) is -1.19. The van der Waals surface area contributed by atoms with Gasteiger partial charge in [-0.3, -0.25) is 0 Å². The largest absolute Gasteiger partial charge is 0.545 e. The highest BCUT2D eigenvalue weighted by Gasteiger charge is 2.11. The Morgan fingerprint density at radius 2 is 2.06 bits per heavy atom. The summed E-state index contributed by atoms with van der Waals surface area (Å²) < 4.78 is 28.7. The van der Waals surface area contributed by atoms with Gasteiger partial charge in [-0.15, -0.1) is 0 Å². The van der Waals surface area contributed by atoms with Crippen molar-refractivity contribution in [1.82, 2.24) is 0 Å². The first-order chi connectivity index (χ1) is 7.43. The molecule has 3 nitrogen and oxygen atoms in total. The zero-order valence-corrected chi connectivity index (χ0v) is 8.92. The number of hydrogen-bond acceptors (Lipinski definition) is 3. The SMILES string of the molecule is Cc1ccc(OCC(F)F)c(C)c1C(=O)[O-]. The van der Waals surface area contributed by atoms with Gasteiger partial charge in [0.15, 0.2) is 0 Å². The molecule has 0 heterocycles. The lowest BCUT2D eigenvalue weighted by Crippen LogP contribution is -2.24. The number of benzene rings is 1. The minimum Gasteiger partial charge on any atom is -0.545 e. The minimum absolute atomic E-state index is 0.00762. The van der Waals surface area contributed by atoms with Gasteiger partial charge < -0.3 is 14.6 Å². The molecule has 0 saturated carbocycles. The number of carboxylic acids is 1. The van der Waals surface area contributed by atoms with Crippen molar-refractivity contribution in [2.75, 3.05) is 6.61 Å². The van der Waals surface area contributed by atoms with Crippen molar-refractivity contribution in [3.8, 4) is 5.75 Å². The molecule has 0 saturated heterocycles. The number of aromatic carboxylic acids is 1. The summed E-state index contributed by atoms with van der Waals surface area (Å²) in [5.41, 5.74) is 0.814. The van der Waals surface area contributed by atoms with Crippen LogP contribution in [0.2, 0.25) is 0 Å². The van der Waals surface area contributed by atoms with Gasteiger partial charge in [-0.1, -0.05) is 6.07 Å². The Labute approximate surface area is 91.7 Å². The average Bonchev–Trinajstić information content (AvgIpc) is 2.15. The molecule has 0 amide bonds. The fourth-order valence-corrected chi connectivity index (χ4v) is 1.45. The quantitative estimate of drug-likeness (QED) is 0.782. The molecular weight excluding hydrogens is 218 g/mol. The molecule has 0 unspecified atom stereocenters. The maximum atomic E-state index is 11.9. The number of carbonyl (C=O) groups is 1. The molecule has 0 bridgehead atoms. The van der Waals surface area contributed by atoms with Crippen LogP contribution in [0.25, 0.3) is 0 Å². The molecular formula is C11H11F2O3-. The van der Waals surface area contributed by atoms with Crippen LogP contribution in [-0.4, -0.2) is 19.0 Å². The van der Waals surface area contributed by atoms with Gasteiger partial charge in [-0.05, 0) is 25.5 Å². The van der Waals surface area contributed by atoms with E-state index in [0.717, 1.165) is 0 Å². The first-order valence-corrected chi connectivity index (χ1v) is 4.66. The number of carboxylic acid groups (broad SMARTS) is 1. The maximum absolute atomic E-state index is 11.9. The molecule has 1 aromatic rings. The number of hydrogen-bond donors (Lipinski definition) is 0. The molecule has 0 spiro atoms. The Morgan fingerprint density at radius 1 is 1.44 bits per heavy atom. The number of aryl methyl sites for hydroxylation is 1. The van der Waals surface area contributed by atoms with Crippen molar-refractivity contribution < 1.29 is 23.4 Å². The van der Waals surface area contributed by atoms with E-state index in [1.54, 1.807) is 6.92 Å². The van der Waals surface area contributed by atoms with Crippen molar-refractivity contribution in [1.29, 1.82) is 0 Å². The van der Waals surface area contributed by atoms with E-state index in [2.05, 4.69) is 0 Å². The molecule has 0 aliphatic rings. The third kappa shape index (κ3) is 2.68. The van der Waals surface area contributed by atoms with Gasteiger partial charge in [-0.2, -0.15) is 0 Å². The Kier molecular flexibility index (Phi) is 3.82. The average molecular weight is 229 g/mol. The van der Waals surface area contributed by atoms with Crippen LogP contribution in [-0.2, 0) is 0 Å². The molecule has 0 radical (unpaired) electrons. The molecule has 0 aliphatic heterocycles. The predicted octanol–water partition coefficient (Wildman–Crippen LogP) is 1.31. The standard InChI is InChI=1S/C11H12F2O3/c1-6-3-4-8(16-5-9(12)13)7(2)10(6)11(14)15/h3-4,9H,5H2,1-2H3,(H,14,15)/p-1. The van der Waals surface area contributed by atoms with E-state index in [9.17, 15) is 18.7 Å². The topological polar surface area (TPSA) is 49.4 Å². The molecule has 5 heteroatoms. The third-order valence-electron chi connectivity index (χ3n) is 2.19. The first-order valence-electron chi connectivity index (χ1n) is 4.66. The second-order valence-corrected chi connectivity index (χ2v) is 3.37. The number of carbonyl (C=O) groups excluding carboxylic acids is 1. The van der Waals surface area contributed by atoms with E-state index in [0.29, 0.717) is 11.1 Å². The van der Waals surface area contributed by atoms with Gasteiger partial charge in [0, 0.05) is 11.1 Å². The van der Waals surface area contributed by atoms with Gasteiger partial charge in [0.05, 0.1) is 5.97 Å². The normalized spacial score (nSPS) is 10.6. The van der Waals surface area contributed by atoms with Crippen LogP contribution in [0.5, 0.6) is 5.75 Å². The van der Waals surface area contributed by atoms with Crippen LogP contribution in [0.4, 0.5) is 8.78 Å². The molecule has 0 atom stereocenters. The fraction of sp³-hybridized carbons (Fsp3) is 0.364. The maximum Gasteiger partial charge on any atom is 0.272 e. The summed E-state index contributed by atoms with van der Waals surface area (Å²) in [4.78, 5) is 10.8. The Morgan fingerprint density at radius 3 is 2.56 bits per heavy atom. The Hall–Kier alpha value is -1.65. The van der Waals surface area contributed by atoms with Crippen molar-refractivity contribution in [3.05, 3.63) is 28.8 Å². The molecule has 1 aromatic carbocycles. The highest BCUT2D eigenvalue weighted by atomic mass is 19.3. The smallest absolute Gasteiger partial charge is 0.272 e. The number of halogens is 2. The molecule has 16 heavy (non-hydrogen) atoms. The lowest BCUT2D eigenvalue weighted by molar-refractivity contribution is -0.255. The van der Waals surface area contributed by atoms with Crippen LogP contribution in [0.15, 0.2) is 12.1 Å². The molecule has 0 fully saturated rings. The van der Waals surface area contributed by atoms with Crippen LogP contribution in [0, 0.1) is 13.8 Å². The van der Waals surface area contributed by atoms with Gasteiger partial charge in [0.1, 0.15) is 12.4 Å². The molecule has 0 N–H and O–H groups in total. The molecule has 88 valence electrons. The second-order valence-electron chi connectivity index (χ2n) is 3.37. The van der Waals surface area contributed by atoms with Crippen LogP contribution in [0.1, 0.15) is 21.5 Å². The van der Waals surface area contributed by atoms with Crippen LogP contribution in [0.3, 0.4) is 0 Å². The van der Waals surface area contributed by atoms with Crippen molar-refractivity contribution in [3.63, 3.8) is 0 Å². The molecule has 1 rings (SSSR count). The first kappa shape index (κ1) is 12.4. The summed E-state index contributed by atoms with van der Waals surface area (Å²) in [6.45, 7) is 2.35. The van der Waals surface area contributed by atoms with E-state index in [4.69, 9.17) is 4.74 Å². The zero-order chi connectivity index (χ0) is 12.3. The van der Waals surface area contributed by atoms with Gasteiger partial charge >= 0.3 is 0 Å². The second kappa shape index (κ2) is 4.92. The minimum atomic E-state index is -2.59. The highest BCUT2D eigenvalue weighted by molar-refractivity contribution is 5.90. The number of alkyl halides is 2. The van der Waals surface area contributed by atoms with E-state index in [1.807, 2.05) is 0 Å². The summed E-state index contributed by atoms with van der Waals surface area (Å²) in [6, 6.07) is 2.97. The van der Waals surface area contributed by atoms with Crippen molar-refractivity contribution >= 4 is 5.97 Å². The van der Waals surface area contributed by atoms with Crippen molar-refractivity contribution in [2.24, 2.45) is 0 Å². The molecule has 0 aromatic heterocycles. The summed E-state index contributed by atoms with van der Waals surface area (Å²) in [7, 11) is 0. The van der Waals surface area contributed by atoms with Crippen molar-refractivity contribution in [2.45, 2.75) is 20.3 Å². The van der Waals surface area contributed by atoms with Crippen LogP contribution < -0.4 is 9.84 Å². The van der Waals surface area contributed by atoms with Gasteiger partial charge in [-0.25, -0.2) is 8.78 Å². The molecule has 0 aliphatic carbocycles. The summed E-state index contributed by atoms with van der Waals surface area (Å²) in [5, 5.41) is 10.8. The lowest BCUT2D eigenvalue weighted by Gasteiger charge is -2.15. The van der Waals surface area contributed by atoms with E-state index in [-0.39, 0.29) is 11.3 Å². The van der Waals surface area contributed by atoms with Gasteiger partial charge in [0.25, 0.3) is 6.43 Å². The number of rotatable bonds is 4. The Balaban J connectivity index is 3.04. The van der Waals surface area contributed by atoms with E-state index >= 15 is 0 Å². The van der Waals surface area contributed by atoms with E-state index < -0.39 is 19.0 Å². The van der Waals surface area contributed by atoms with E-state index in [1.165, 1.54) is 19.1 Å². The number of ether oxygens (including phenoxy) is 1. The summed E-state index contributed by atoms with van der Waals surface area (Å²) >= 11 is 0.